The van der Waals surface area contributed by atoms with Gasteiger partial charge in [-0.05, 0) is 31.0 Å². The Bertz CT molecular complexity index is 468. The van der Waals surface area contributed by atoms with Crippen LogP contribution in [0.2, 0.25) is 0 Å². The average Bonchev–Trinajstić information content (AvgIpc) is 2.41. The van der Waals surface area contributed by atoms with E-state index in [1.54, 1.807) is 12.1 Å². The highest BCUT2D eigenvalue weighted by atomic mass is 16.2. The summed E-state index contributed by atoms with van der Waals surface area (Å²) in [5.41, 5.74) is 6.64. The molecular formula is C14H19N3O2. The zero-order valence-electron chi connectivity index (χ0n) is 10.8. The van der Waals surface area contributed by atoms with Crippen LogP contribution in [0.25, 0.3) is 0 Å². The first-order valence-corrected chi connectivity index (χ1v) is 6.54. The molecule has 19 heavy (non-hydrogen) atoms. The molecule has 2 rings (SSSR count). The lowest BCUT2D eigenvalue weighted by atomic mass is 9.98. The highest BCUT2D eigenvalue weighted by Gasteiger charge is 2.21. The molecule has 0 saturated carbocycles. The second kappa shape index (κ2) is 6.33. The number of primary amides is 1. The summed E-state index contributed by atoms with van der Waals surface area (Å²) in [5.74, 6) is -0.402. The standard InChI is InChI=1S/C14H19N3O2/c15-13(18)8-10-4-1-2-6-12(10)17-14(19)11-5-3-7-16-9-11/h1-2,4,6,11,16H,3,5,7-9H2,(H2,15,18)(H,17,19)/t11-/m0/s1. The van der Waals surface area contributed by atoms with E-state index in [1.807, 2.05) is 12.1 Å². The van der Waals surface area contributed by atoms with Crippen LogP contribution in [0.3, 0.4) is 0 Å². The van der Waals surface area contributed by atoms with Crippen molar-refractivity contribution in [3.05, 3.63) is 29.8 Å². The fraction of sp³-hybridized carbons (Fsp3) is 0.429. The van der Waals surface area contributed by atoms with Crippen LogP contribution in [0.1, 0.15) is 18.4 Å². The summed E-state index contributed by atoms with van der Waals surface area (Å²) in [5, 5.41) is 6.11. The Kier molecular flexibility index (Phi) is 4.52. The molecule has 0 bridgehead atoms. The molecule has 5 heteroatoms. The van der Waals surface area contributed by atoms with Crippen LogP contribution in [0.4, 0.5) is 5.69 Å². The van der Waals surface area contributed by atoms with Gasteiger partial charge in [0.1, 0.15) is 0 Å². The van der Waals surface area contributed by atoms with Crippen molar-refractivity contribution in [3.63, 3.8) is 0 Å². The van der Waals surface area contributed by atoms with Crippen LogP contribution in [0.15, 0.2) is 24.3 Å². The number of hydrogen-bond donors (Lipinski definition) is 3. The number of carbonyl (C=O) groups is 2. The molecule has 4 N–H and O–H groups in total. The molecule has 0 unspecified atom stereocenters. The first-order chi connectivity index (χ1) is 9.16. The number of nitrogens with one attached hydrogen (secondary N) is 2. The molecule has 1 heterocycles. The number of carbonyl (C=O) groups excluding carboxylic acids is 2. The topological polar surface area (TPSA) is 84.2 Å². The molecular weight excluding hydrogens is 242 g/mol. The third kappa shape index (κ3) is 3.79. The number of amides is 2. The van der Waals surface area contributed by atoms with E-state index in [0.717, 1.165) is 24.9 Å². The van der Waals surface area contributed by atoms with Gasteiger partial charge in [0.05, 0.1) is 12.3 Å². The quantitative estimate of drug-likeness (QED) is 0.744. The van der Waals surface area contributed by atoms with Gasteiger partial charge < -0.3 is 16.4 Å². The fourth-order valence-corrected chi connectivity index (χ4v) is 2.29. The van der Waals surface area contributed by atoms with Crippen LogP contribution in [-0.4, -0.2) is 24.9 Å². The minimum absolute atomic E-state index is 0.00382. The predicted molar refractivity (Wildman–Crippen MR) is 73.6 cm³/mol. The smallest absolute Gasteiger partial charge is 0.228 e. The fourth-order valence-electron chi connectivity index (χ4n) is 2.29. The Morgan fingerprint density at radius 3 is 2.84 bits per heavy atom. The number of para-hydroxylation sites is 1. The summed E-state index contributed by atoms with van der Waals surface area (Å²) in [6, 6.07) is 7.27. The Morgan fingerprint density at radius 1 is 1.37 bits per heavy atom. The number of nitrogens with two attached hydrogens (primary N) is 1. The maximum absolute atomic E-state index is 12.1. The van der Waals surface area contributed by atoms with Gasteiger partial charge in [0.25, 0.3) is 0 Å². The van der Waals surface area contributed by atoms with Crippen LogP contribution in [0, 0.1) is 5.92 Å². The maximum atomic E-state index is 12.1. The molecule has 0 aliphatic carbocycles. The van der Waals surface area contributed by atoms with Crippen molar-refractivity contribution in [2.24, 2.45) is 11.7 Å². The van der Waals surface area contributed by atoms with Crippen molar-refractivity contribution in [1.82, 2.24) is 5.32 Å². The average molecular weight is 261 g/mol. The molecule has 2 amide bonds. The second-order valence-electron chi connectivity index (χ2n) is 4.83. The molecule has 0 spiro atoms. The van der Waals surface area contributed by atoms with Gasteiger partial charge >= 0.3 is 0 Å². The van der Waals surface area contributed by atoms with E-state index in [2.05, 4.69) is 10.6 Å². The molecule has 1 saturated heterocycles. The molecule has 1 fully saturated rings. The van der Waals surface area contributed by atoms with Gasteiger partial charge in [-0.15, -0.1) is 0 Å². The van der Waals surface area contributed by atoms with Crippen LogP contribution < -0.4 is 16.4 Å². The number of hydrogen-bond acceptors (Lipinski definition) is 3. The van der Waals surface area contributed by atoms with Crippen molar-refractivity contribution in [1.29, 1.82) is 0 Å². The molecule has 1 aliphatic heterocycles. The summed E-state index contributed by atoms with van der Waals surface area (Å²) in [6.07, 6.45) is 2.05. The van der Waals surface area contributed by atoms with Crippen molar-refractivity contribution in [2.75, 3.05) is 18.4 Å². The number of benzene rings is 1. The Hall–Kier alpha value is -1.88. The lowest BCUT2D eigenvalue weighted by Crippen LogP contribution is -2.37. The van der Waals surface area contributed by atoms with E-state index >= 15 is 0 Å². The van der Waals surface area contributed by atoms with E-state index in [-0.39, 0.29) is 18.2 Å². The highest BCUT2D eigenvalue weighted by Crippen LogP contribution is 2.18. The van der Waals surface area contributed by atoms with Gasteiger partial charge in [-0.3, -0.25) is 9.59 Å². The van der Waals surface area contributed by atoms with Crippen molar-refractivity contribution in [2.45, 2.75) is 19.3 Å². The molecule has 1 aliphatic rings. The normalized spacial score (nSPS) is 18.8. The van der Waals surface area contributed by atoms with Gasteiger partial charge in [-0.1, -0.05) is 18.2 Å². The zero-order chi connectivity index (χ0) is 13.7. The number of piperidine rings is 1. The molecule has 5 nitrogen and oxygen atoms in total. The maximum Gasteiger partial charge on any atom is 0.228 e. The Labute approximate surface area is 112 Å². The van der Waals surface area contributed by atoms with E-state index in [9.17, 15) is 9.59 Å². The summed E-state index contributed by atoms with van der Waals surface area (Å²) in [7, 11) is 0. The van der Waals surface area contributed by atoms with Gasteiger partial charge in [0.2, 0.25) is 11.8 Å². The SMILES string of the molecule is NC(=O)Cc1ccccc1NC(=O)[C@H]1CCCNC1. The number of rotatable bonds is 4. The third-order valence-corrected chi connectivity index (χ3v) is 3.31. The molecule has 102 valence electrons. The predicted octanol–water partition coefficient (Wildman–Crippen LogP) is 0.652. The van der Waals surface area contributed by atoms with E-state index in [1.165, 1.54) is 0 Å². The van der Waals surface area contributed by atoms with E-state index < -0.39 is 5.91 Å². The van der Waals surface area contributed by atoms with Crippen molar-refractivity contribution < 1.29 is 9.59 Å². The summed E-state index contributed by atoms with van der Waals surface area (Å²) < 4.78 is 0. The minimum atomic E-state index is -0.402. The van der Waals surface area contributed by atoms with Crippen LogP contribution in [0.5, 0.6) is 0 Å². The first-order valence-electron chi connectivity index (χ1n) is 6.54. The minimum Gasteiger partial charge on any atom is -0.369 e. The third-order valence-electron chi connectivity index (χ3n) is 3.31. The largest absolute Gasteiger partial charge is 0.369 e. The first kappa shape index (κ1) is 13.5. The Morgan fingerprint density at radius 2 is 2.16 bits per heavy atom. The lowest BCUT2D eigenvalue weighted by molar-refractivity contribution is -0.120. The van der Waals surface area contributed by atoms with Gasteiger partial charge in [0.15, 0.2) is 0 Å². The molecule has 0 aromatic heterocycles. The second-order valence-corrected chi connectivity index (χ2v) is 4.83. The zero-order valence-corrected chi connectivity index (χ0v) is 10.8. The molecule has 1 atom stereocenters. The van der Waals surface area contributed by atoms with Crippen LogP contribution in [-0.2, 0) is 16.0 Å². The molecule has 1 aromatic rings. The summed E-state index contributed by atoms with van der Waals surface area (Å²) in [4.78, 5) is 23.1. The molecule has 0 radical (unpaired) electrons. The van der Waals surface area contributed by atoms with Crippen molar-refractivity contribution in [3.8, 4) is 0 Å². The summed E-state index contributed by atoms with van der Waals surface area (Å²) >= 11 is 0. The summed E-state index contributed by atoms with van der Waals surface area (Å²) in [6.45, 7) is 1.69. The highest BCUT2D eigenvalue weighted by molar-refractivity contribution is 5.94. The number of anilines is 1. The van der Waals surface area contributed by atoms with E-state index in [4.69, 9.17) is 5.73 Å². The monoisotopic (exact) mass is 261 g/mol. The Balaban J connectivity index is 2.05. The van der Waals surface area contributed by atoms with Gasteiger partial charge in [-0.25, -0.2) is 0 Å². The van der Waals surface area contributed by atoms with Crippen LogP contribution >= 0.6 is 0 Å². The molecule has 1 aromatic carbocycles. The lowest BCUT2D eigenvalue weighted by Gasteiger charge is -2.22. The van der Waals surface area contributed by atoms with Gasteiger partial charge in [0, 0.05) is 12.2 Å². The van der Waals surface area contributed by atoms with Crippen molar-refractivity contribution >= 4 is 17.5 Å². The van der Waals surface area contributed by atoms with Gasteiger partial charge in [-0.2, -0.15) is 0 Å². The van der Waals surface area contributed by atoms with E-state index in [0.29, 0.717) is 12.2 Å².